The van der Waals surface area contributed by atoms with Gasteiger partial charge >= 0.3 is 23.9 Å². The van der Waals surface area contributed by atoms with Crippen LogP contribution in [-0.2, 0) is 54.3 Å². The first-order chi connectivity index (χ1) is 22.1. The van der Waals surface area contributed by atoms with Crippen LogP contribution in [0.4, 0.5) is 0 Å². The van der Waals surface area contributed by atoms with Crippen LogP contribution in [-0.4, -0.2) is 69.6 Å². The maximum absolute atomic E-state index is 14.0. The van der Waals surface area contributed by atoms with Crippen molar-refractivity contribution in [2.75, 3.05) is 6.61 Å². The second-order valence-electron chi connectivity index (χ2n) is 15.4. The van der Waals surface area contributed by atoms with Crippen LogP contribution >= 0.6 is 0 Å². The van der Waals surface area contributed by atoms with Gasteiger partial charge in [0, 0.05) is 32.6 Å². The Balaban J connectivity index is 1.16. The molecule has 0 aromatic carbocycles. The fraction of sp³-hybridized carbons (Fsp3) is 0.794. The zero-order valence-corrected chi connectivity index (χ0v) is 28.2. The fourth-order valence-electron chi connectivity index (χ4n) is 10.5. The van der Waals surface area contributed by atoms with E-state index in [2.05, 4.69) is 24.2 Å². The summed E-state index contributed by atoms with van der Waals surface area (Å²) < 4.78 is 29.4. The SMILES string of the molecule is CC(=O)O[C@@H]1[C@H](OC(C)=O)[C@H](OC(C)=O)CO[C@H]1n1cc(COC(=O)[C@]2(C)CCC[C@@]3(C)[C@@H]4CC[C@@]5(C)C[C@]4(CC[C@@H]32)CC5=O)nn1. The predicted molar refractivity (Wildman–Crippen MR) is 162 cm³/mol. The molecule has 13 heteroatoms. The van der Waals surface area contributed by atoms with Crippen molar-refractivity contribution in [1.29, 1.82) is 0 Å². The third kappa shape index (κ3) is 5.76. The number of Topliss-reactive ketones (excluding diaryl/α,β-unsaturated/α-hetero) is 1. The molecule has 1 saturated heterocycles. The summed E-state index contributed by atoms with van der Waals surface area (Å²) in [5.41, 5.74) is -0.459. The lowest BCUT2D eigenvalue weighted by atomic mass is 9.40. The number of rotatable bonds is 7. The summed E-state index contributed by atoms with van der Waals surface area (Å²) in [6, 6.07) is 0. The van der Waals surface area contributed by atoms with E-state index in [0.29, 0.717) is 23.8 Å². The van der Waals surface area contributed by atoms with Gasteiger partial charge in [-0.1, -0.05) is 25.5 Å². The fourth-order valence-corrected chi connectivity index (χ4v) is 10.5. The number of esters is 4. The van der Waals surface area contributed by atoms with Crippen LogP contribution in [0.1, 0.15) is 111 Å². The Labute approximate surface area is 274 Å². The summed E-state index contributed by atoms with van der Waals surface area (Å²) >= 11 is 0. The maximum Gasteiger partial charge on any atom is 0.312 e. The number of hydrogen-bond donors (Lipinski definition) is 0. The molecule has 2 heterocycles. The molecule has 47 heavy (non-hydrogen) atoms. The Bertz CT molecular complexity index is 1460. The first kappa shape index (κ1) is 33.5. The van der Waals surface area contributed by atoms with Crippen molar-refractivity contribution in [2.45, 2.75) is 130 Å². The number of hydrogen-bond acceptors (Lipinski definition) is 12. The molecule has 13 nitrogen and oxygen atoms in total. The Morgan fingerprint density at radius 3 is 2.30 bits per heavy atom. The van der Waals surface area contributed by atoms with E-state index in [-0.39, 0.29) is 41.3 Å². The highest BCUT2D eigenvalue weighted by Crippen LogP contribution is 2.73. The molecule has 0 unspecified atom stereocenters. The largest absolute Gasteiger partial charge is 0.459 e. The van der Waals surface area contributed by atoms with Gasteiger partial charge in [-0.15, -0.1) is 5.10 Å². The van der Waals surface area contributed by atoms with Crippen LogP contribution in [0.2, 0.25) is 0 Å². The second kappa shape index (κ2) is 12.0. The van der Waals surface area contributed by atoms with E-state index in [1.54, 1.807) is 0 Å². The number of carbonyl (C=O) groups is 5. The molecular weight excluding hydrogens is 610 g/mol. The average Bonchev–Trinajstić information content (AvgIpc) is 3.51. The van der Waals surface area contributed by atoms with Gasteiger partial charge in [0.05, 0.1) is 18.2 Å². The number of ether oxygens (including phenoxy) is 5. The van der Waals surface area contributed by atoms with Gasteiger partial charge in [0.15, 0.2) is 24.5 Å². The Morgan fingerprint density at radius 2 is 1.60 bits per heavy atom. The molecule has 0 radical (unpaired) electrons. The van der Waals surface area contributed by atoms with Gasteiger partial charge in [-0.3, -0.25) is 24.0 Å². The molecule has 258 valence electrons. The molecule has 0 amide bonds. The minimum Gasteiger partial charge on any atom is -0.459 e. The number of ketones is 1. The van der Waals surface area contributed by atoms with Crippen LogP contribution < -0.4 is 0 Å². The minimum absolute atomic E-state index is 0.0359. The van der Waals surface area contributed by atoms with E-state index < -0.39 is 47.9 Å². The van der Waals surface area contributed by atoms with Gasteiger partial charge in [-0.05, 0) is 74.5 Å². The molecule has 2 bridgehead atoms. The smallest absolute Gasteiger partial charge is 0.312 e. The molecule has 4 saturated carbocycles. The molecule has 4 aliphatic carbocycles. The first-order valence-electron chi connectivity index (χ1n) is 16.8. The number of carbonyl (C=O) groups excluding carboxylic acids is 5. The lowest BCUT2D eigenvalue weighted by Gasteiger charge is -2.63. The van der Waals surface area contributed by atoms with Crippen LogP contribution in [0, 0.1) is 33.5 Å². The van der Waals surface area contributed by atoms with Gasteiger partial charge in [0.1, 0.15) is 18.1 Å². The summed E-state index contributed by atoms with van der Waals surface area (Å²) in [4.78, 5) is 62.7. The van der Waals surface area contributed by atoms with Crippen molar-refractivity contribution in [1.82, 2.24) is 15.0 Å². The van der Waals surface area contributed by atoms with Gasteiger partial charge in [-0.25, -0.2) is 4.68 Å². The van der Waals surface area contributed by atoms with Crippen LogP contribution in [0.5, 0.6) is 0 Å². The molecular formula is C34H47N3O10. The van der Waals surface area contributed by atoms with E-state index in [4.69, 9.17) is 23.7 Å². The molecule has 10 atom stereocenters. The van der Waals surface area contributed by atoms with E-state index in [9.17, 15) is 24.0 Å². The summed E-state index contributed by atoms with van der Waals surface area (Å²) in [5.74, 6) is -1.18. The molecule has 1 aromatic rings. The third-order valence-corrected chi connectivity index (χ3v) is 12.3. The van der Waals surface area contributed by atoms with Crippen molar-refractivity contribution in [3.63, 3.8) is 0 Å². The highest BCUT2D eigenvalue weighted by Gasteiger charge is 2.68. The Kier molecular flexibility index (Phi) is 8.54. The second-order valence-corrected chi connectivity index (χ2v) is 15.4. The third-order valence-electron chi connectivity index (χ3n) is 12.3. The maximum atomic E-state index is 14.0. The summed E-state index contributed by atoms with van der Waals surface area (Å²) in [6.45, 7) is 9.90. The van der Waals surface area contributed by atoms with E-state index >= 15 is 0 Å². The van der Waals surface area contributed by atoms with Gasteiger partial charge < -0.3 is 23.7 Å². The van der Waals surface area contributed by atoms with Gasteiger partial charge in [0.2, 0.25) is 0 Å². The lowest BCUT2D eigenvalue weighted by Crippen LogP contribution is -2.58. The van der Waals surface area contributed by atoms with Crippen LogP contribution in [0.15, 0.2) is 6.20 Å². The zero-order valence-electron chi connectivity index (χ0n) is 28.2. The van der Waals surface area contributed by atoms with Crippen LogP contribution in [0.25, 0.3) is 0 Å². The summed E-state index contributed by atoms with van der Waals surface area (Å²) in [6.07, 6.45) is 5.38. The number of fused-ring (bicyclic) bond motifs is 3. The Hall–Kier alpha value is -3.35. The Morgan fingerprint density at radius 1 is 0.915 bits per heavy atom. The standard InChI is InChI=1S/C34H47N3O10/c1-19(38)45-23-17-43-29(28(47-21(3)40)27(23)46-20(2)39)37-15-22(35-36-37)16-44-30(42)33(6)11-7-10-32(5)24(33)9-13-34-14-26(41)31(4,18-34)12-8-25(32)34/h15,23-25,27-29H,7-14,16-18H2,1-6H3/t23-,24+,25+,27-,28-,29-,31+,32-,33-,34+/m1/s1. The van der Waals surface area contributed by atoms with Gasteiger partial charge in [0.25, 0.3) is 0 Å². The molecule has 5 aliphatic rings. The first-order valence-corrected chi connectivity index (χ1v) is 16.8. The minimum atomic E-state index is -1.20. The summed E-state index contributed by atoms with van der Waals surface area (Å²) in [5, 5.41) is 8.32. The number of nitrogens with zero attached hydrogens (tertiary/aromatic N) is 3. The molecule has 1 aromatic heterocycles. The number of aromatic nitrogens is 3. The van der Waals surface area contributed by atoms with E-state index in [1.165, 1.54) is 31.6 Å². The molecule has 0 N–H and O–H groups in total. The average molecular weight is 658 g/mol. The highest BCUT2D eigenvalue weighted by atomic mass is 16.6. The van der Waals surface area contributed by atoms with E-state index in [1.807, 2.05) is 6.92 Å². The lowest BCUT2D eigenvalue weighted by molar-refractivity contribution is -0.241. The van der Waals surface area contributed by atoms with Crippen molar-refractivity contribution in [3.8, 4) is 0 Å². The van der Waals surface area contributed by atoms with Crippen molar-refractivity contribution in [2.24, 2.45) is 33.5 Å². The van der Waals surface area contributed by atoms with Crippen molar-refractivity contribution >= 4 is 29.7 Å². The monoisotopic (exact) mass is 657 g/mol. The van der Waals surface area contributed by atoms with Crippen molar-refractivity contribution < 1.29 is 47.7 Å². The van der Waals surface area contributed by atoms with E-state index in [0.717, 1.165) is 51.4 Å². The molecule has 5 fully saturated rings. The molecule has 1 aliphatic heterocycles. The molecule has 1 spiro atoms. The topological polar surface area (TPSA) is 162 Å². The normalized spacial score (nSPS) is 40.9. The highest BCUT2D eigenvalue weighted by molar-refractivity contribution is 5.88. The zero-order chi connectivity index (χ0) is 33.9. The predicted octanol–water partition coefficient (Wildman–Crippen LogP) is 4.02. The molecule has 6 rings (SSSR count). The van der Waals surface area contributed by atoms with Gasteiger partial charge in [-0.2, -0.15) is 0 Å². The quantitative estimate of drug-likeness (QED) is 0.306. The summed E-state index contributed by atoms with van der Waals surface area (Å²) in [7, 11) is 0. The van der Waals surface area contributed by atoms with Crippen LogP contribution in [0.3, 0.4) is 0 Å². The van der Waals surface area contributed by atoms with Crippen molar-refractivity contribution in [3.05, 3.63) is 11.9 Å².